The number of hydrogen-bond donors (Lipinski definition) is 4. The van der Waals surface area contributed by atoms with E-state index in [1.165, 1.54) is 25.3 Å². The average molecular weight is 927 g/mol. The minimum Gasteiger partial charge on any atom is -0.506 e. The maximum Gasteiger partial charge on any atom is 0.298 e. The molecule has 2 aromatic heterocycles. The molecule has 5 N–H and O–H groups in total. The smallest absolute Gasteiger partial charge is 0.298 e. The van der Waals surface area contributed by atoms with Gasteiger partial charge >= 0.3 is 0 Å². The second-order valence-corrected chi connectivity index (χ2v) is 13.5. The number of phenolic OH excluding ortho intramolecular Hbond substituents is 1. The highest BCUT2D eigenvalue weighted by Crippen LogP contribution is 2.47. The monoisotopic (exact) mass is 924 g/mol. The first-order chi connectivity index (χ1) is 28.4. The molecule has 0 bridgehead atoms. The number of benzene rings is 4. The van der Waals surface area contributed by atoms with Gasteiger partial charge in [0.15, 0.2) is 28.7 Å². The van der Waals surface area contributed by atoms with E-state index in [0.29, 0.717) is 59.9 Å². The number of nitrogens with zero attached hydrogens (tertiary/aromatic N) is 3. The van der Waals surface area contributed by atoms with Crippen LogP contribution in [0.1, 0.15) is 27.4 Å². The molecule has 15 nitrogen and oxygen atoms in total. The van der Waals surface area contributed by atoms with Crippen LogP contribution >= 0.6 is 31.9 Å². The van der Waals surface area contributed by atoms with Crippen LogP contribution in [0.5, 0.6) is 34.5 Å². The van der Waals surface area contributed by atoms with E-state index in [-0.39, 0.29) is 34.9 Å². The third kappa shape index (κ3) is 10.4. The molecule has 7 rings (SSSR count). The van der Waals surface area contributed by atoms with Crippen molar-refractivity contribution >= 4 is 60.0 Å². The van der Waals surface area contributed by atoms with Gasteiger partial charge in [-0.15, -0.1) is 0 Å². The first-order valence-corrected chi connectivity index (χ1v) is 18.5. The molecule has 4 aromatic carbocycles. The molecule has 1 atom stereocenters. The second-order valence-electron chi connectivity index (χ2n) is 11.8. The number of rotatable bonds is 6. The second kappa shape index (κ2) is 20.8. The van der Waals surface area contributed by atoms with Crippen LogP contribution in [-0.4, -0.2) is 56.3 Å². The van der Waals surface area contributed by atoms with Crippen LogP contribution in [0.3, 0.4) is 0 Å². The Morgan fingerprint density at radius 3 is 1.97 bits per heavy atom. The molecule has 1 unspecified atom stereocenters. The van der Waals surface area contributed by atoms with Gasteiger partial charge in [-0.25, -0.2) is 6.57 Å². The van der Waals surface area contributed by atoms with Crippen LogP contribution in [0.2, 0.25) is 0 Å². The lowest BCUT2D eigenvalue weighted by atomic mass is 9.83. The van der Waals surface area contributed by atoms with Crippen LogP contribution in [0, 0.1) is 29.2 Å². The van der Waals surface area contributed by atoms with Crippen LogP contribution in [0.4, 0.5) is 0 Å². The standard InChI is InChI=1S/C21H16BrN3O4.C9H9BrO3.C9H7NO2.C3H2N2/c1-27-15-8-11(7-14(22)20(15)28-2)17-12-5-3-10-4-6-16(26)25-18(10)19(12)29-21(24)13(17)9-23;1-12-8-4-6(5-11)3-7(10)9(8)13-2;11-7-3-1-2-6-4-5-8(12)10-9(6)7;1-5-3-2-4/h3-8,17H,24H2,1-2H3,(H,25,26);3-5H,1-2H3;1-5,11H,(H,10,12);3H2. The minimum absolute atomic E-state index is 0.00638. The zero-order chi connectivity index (χ0) is 43.2. The molecule has 3 heterocycles. The van der Waals surface area contributed by atoms with Crippen molar-refractivity contribution < 1.29 is 33.6 Å². The summed E-state index contributed by atoms with van der Waals surface area (Å²) in [6.45, 7) is 5.99. The Hall–Kier alpha value is -7.26. The highest BCUT2D eigenvalue weighted by molar-refractivity contribution is 9.11. The molecule has 1 aliphatic heterocycles. The molecular formula is C42H34Br2N6O9. The van der Waals surface area contributed by atoms with E-state index < -0.39 is 5.92 Å². The van der Waals surface area contributed by atoms with Gasteiger partial charge in [0.1, 0.15) is 29.7 Å². The van der Waals surface area contributed by atoms with Crippen LogP contribution in [0.15, 0.2) is 109 Å². The van der Waals surface area contributed by atoms with Crippen molar-refractivity contribution in [1.82, 2.24) is 9.97 Å². The Bertz CT molecular complexity index is 2790. The van der Waals surface area contributed by atoms with Gasteiger partial charge in [-0.1, -0.05) is 24.3 Å². The lowest BCUT2D eigenvalue weighted by Gasteiger charge is -2.28. The number of pyridine rings is 2. The molecule has 0 aliphatic carbocycles. The van der Waals surface area contributed by atoms with Crippen molar-refractivity contribution in [1.29, 1.82) is 10.5 Å². The number of nitrogens with one attached hydrogen (secondary N) is 2. The van der Waals surface area contributed by atoms with Gasteiger partial charge in [-0.05, 0) is 79.9 Å². The number of aromatic nitrogens is 2. The van der Waals surface area contributed by atoms with Crippen LogP contribution in [0.25, 0.3) is 26.7 Å². The number of allylic oxidation sites excluding steroid dienone is 1. The van der Waals surface area contributed by atoms with Gasteiger partial charge in [0.2, 0.25) is 17.0 Å². The fourth-order valence-corrected chi connectivity index (χ4v) is 7.03. The normalized spacial score (nSPS) is 12.2. The maximum absolute atomic E-state index is 11.9. The van der Waals surface area contributed by atoms with Gasteiger partial charge in [0.05, 0.1) is 54.3 Å². The average Bonchev–Trinajstić information content (AvgIpc) is 3.23. The summed E-state index contributed by atoms with van der Waals surface area (Å²) in [5.41, 5.74) is 8.95. The molecule has 0 spiro atoms. The lowest BCUT2D eigenvalue weighted by Crippen LogP contribution is -2.22. The quantitative estimate of drug-likeness (QED) is 0.0725. The van der Waals surface area contributed by atoms with Gasteiger partial charge in [0.25, 0.3) is 6.54 Å². The summed E-state index contributed by atoms with van der Waals surface area (Å²) >= 11 is 6.77. The largest absolute Gasteiger partial charge is 0.506 e. The maximum atomic E-state index is 11.9. The van der Waals surface area contributed by atoms with Crippen molar-refractivity contribution in [3.63, 3.8) is 0 Å². The Morgan fingerprint density at radius 1 is 0.847 bits per heavy atom. The summed E-state index contributed by atoms with van der Waals surface area (Å²) in [6, 6.07) is 25.9. The number of nitriles is 2. The molecule has 0 saturated heterocycles. The number of nitrogens with two attached hydrogens (primary N) is 1. The number of methoxy groups -OCH3 is 4. The van der Waals surface area contributed by atoms with Crippen LogP contribution < -0.4 is 40.5 Å². The molecule has 6 aromatic rings. The number of aldehydes is 1. The minimum atomic E-state index is -0.507. The Morgan fingerprint density at radius 2 is 1.42 bits per heavy atom. The van der Waals surface area contributed by atoms with E-state index >= 15 is 0 Å². The molecule has 300 valence electrons. The van der Waals surface area contributed by atoms with E-state index in [1.807, 2.05) is 24.3 Å². The molecule has 0 radical (unpaired) electrons. The molecule has 17 heteroatoms. The van der Waals surface area contributed by atoms with Gasteiger partial charge in [-0.3, -0.25) is 14.4 Å². The first-order valence-electron chi connectivity index (χ1n) is 16.9. The SMILES string of the molecule is COc1cc(C2C(C#N)=C(N)Oc3c2ccc2ccc(=O)[nH]c32)cc(Br)c1OC.COc1cc(C=O)cc(Br)c1OC.O=c1ccc2cccc(O)c2[nH]1.[C-]#[N+]CC#N. The summed E-state index contributed by atoms with van der Waals surface area (Å²) in [7, 11) is 6.16. The van der Waals surface area contributed by atoms with Crippen molar-refractivity contribution in [2.45, 2.75) is 5.92 Å². The van der Waals surface area contributed by atoms with E-state index in [4.69, 9.17) is 41.3 Å². The summed E-state index contributed by atoms with van der Waals surface area (Å²) in [6.07, 6.45) is 0.757. The molecular weight excluding hydrogens is 892 g/mol. The number of carbonyl (C=O) groups excluding carboxylic acids is 1. The molecule has 0 amide bonds. The number of hydrogen-bond acceptors (Lipinski definition) is 12. The molecule has 0 saturated carbocycles. The Balaban J connectivity index is 0.000000211. The van der Waals surface area contributed by atoms with Gasteiger partial charge < -0.3 is 49.3 Å². The van der Waals surface area contributed by atoms with Gasteiger partial charge in [0, 0.05) is 34.0 Å². The number of ether oxygens (including phenoxy) is 5. The predicted octanol–water partition coefficient (Wildman–Crippen LogP) is 7.47. The highest BCUT2D eigenvalue weighted by Gasteiger charge is 2.33. The lowest BCUT2D eigenvalue weighted by molar-refractivity contribution is 0.112. The van der Waals surface area contributed by atoms with E-state index in [0.717, 1.165) is 22.6 Å². The fourth-order valence-electron chi connectivity index (χ4n) is 5.79. The zero-order valence-corrected chi connectivity index (χ0v) is 34.9. The third-order valence-corrected chi connectivity index (χ3v) is 9.53. The summed E-state index contributed by atoms with van der Waals surface area (Å²) in [5, 5.41) is 28.3. The molecule has 0 fully saturated rings. The Kier molecular flexibility index (Phi) is 15.7. The van der Waals surface area contributed by atoms with Crippen molar-refractivity contribution in [3.05, 3.63) is 148 Å². The zero-order valence-electron chi connectivity index (χ0n) is 31.8. The summed E-state index contributed by atoms with van der Waals surface area (Å²) < 4.78 is 28.1. The number of halogens is 2. The van der Waals surface area contributed by atoms with Crippen molar-refractivity contribution in [2.24, 2.45) is 5.73 Å². The van der Waals surface area contributed by atoms with E-state index in [9.17, 15) is 24.8 Å². The fraction of sp³-hybridized carbons (Fsp3) is 0.143. The topological polar surface area (TPSA) is 227 Å². The third-order valence-electron chi connectivity index (χ3n) is 8.35. The Labute approximate surface area is 353 Å². The van der Waals surface area contributed by atoms with E-state index in [1.54, 1.807) is 63.8 Å². The molecule has 1 aliphatic rings. The van der Waals surface area contributed by atoms with Crippen LogP contribution in [-0.2, 0) is 0 Å². The summed E-state index contributed by atoms with van der Waals surface area (Å²) in [4.78, 5) is 41.4. The summed E-state index contributed by atoms with van der Waals surface area (Å²) in [5.74, 6) is 2.20. The number of aromatic amines is 2. The number of phenols is 1. The number of aromatic hydroxyl groups is 1. The first kappa shape index (κ1) is 44.5. The van der Waals surface area contributed by atoms with Crippen molar-refractivity contribution in [2.75, 3.05) is 35.0 Å². The number of carbonyl (C=O) groups is 1. The molecule has 59 heavy (non-hydrogen) atoms. The predicted molar refractivity (Wildman–Crippen MR) is 227 cm³/mol. The number of fused-ring (bicyclic) bond motifs is 4. The van der Waals surface area contributed by atoms with E-state index in [2.05, 4.69) is 52.7 Å². The van der Waals surface area contributed by atoms with Gasteiger partial charge in [-0.2, -0.15) is 10.5 Å². The van der Waals surface area contributed by atoms with Crippen molar-refractivity contribution in [3.8, 4) is 46.6 Å². The number of H-pyrrole nitrogens is 2. The number of para-hydroxylation sites is 1. The highest BCUT2D eigenvalue weighted by atomic mass is 79.9.